The van der Waals surface area contributed by atoms with Gasteiger partial charge in [0.1, 0.15) is 0 Å². The molecule has 0 aromatic heterocycles. The van der Waals surface area contributed by atoms with Gasteiger partial charge in [0.05, 0.1) is 0 Å². The summed E-state index contributed by atoms with van der Waals surface area (Å²) in [6.07, 6.45) is 9.68. The highest BCUT2D eigenvalue weighted by Gasteiger charge is 2.36. The molecule has 0 aromatic rings. The largest absolute Gasteiger partial charge is 0.330 e. The van der Waals surface area contributed by atoms with Crippen molar-refractivity contribution in [1.29, 1.82) is 0 Å². The quantitative estimate of drug-likeness (QED) is 0.795. The summed E-state index contributed by atoms with van der Waals surface area (Å²) in [7, 11) is 0. The summed E-state index contributed by atoms with van der Waals surface area (Å²) in [5.41, 5.74) is 6.46. The fourth-order valence-electron chi connectivity index (χ4n) is 3.51. The Labute approximate surface area is 101 Å². The summed E-state index contributed by atoms with van der Waals surface area (Å²) in [6.45, 7) is 6.97. The van der Waals surface area contributed by atoms with E-state index in [-0.39, 0.29) is 0 Å². The Kier molecular flexibility index (Phi) is 3.91. The molecule has 1 saturated carbocycles. The van der Waals surface area contributed by atoms with Crippen molar-refractivity contribution in [1.82, 2.24) is 4.90 Å². The van der Waals surface area contributed by atoms with Gasteiger partial charge >= 0.3 is 0 Å². The average Bonchev–Trinajstić information content (AvgIpc) is 2.20. The molecule has 2 nitrogen and oxygen atoms in total. The summed E-state index contributed by atoms with van der Waals surface area (Å²) < 4.78 is 0. The lowest BCUT2D eigenvalue weighted by atomic mass is 9.66. The molecule has 1 aliphatic heterocycles. The monoisotopic (exact) mass is 224 g/mol. The first-order valence-corrected chi connectivity index (χ1v) is 7.13. The first-order valence-electron chi connectivity index (χ1n) is 7.13. The van der Waals surface area contributed by atoms with Crippen LogP contribution in [0.25, 0.3) is 0 Å². The van der Waals surface area contributed by atoms with E-state index in [2.05, 4.69) is 18.7 Å². The number of likely N-dealkylation sites (tertiary alicyclic amines) is 1. The summed E-state index contributed by atoms with van der Waals surface area (Å²) in [5.74, 6) is 0. The zero-order valence-corrected chi connectivity index (χ0v) is 11.0. The second kappa shape index (κ2) is 5.05. The summed E-state index contributed by atoms with van der Waals surface area (Å²) in [6, 6.07) is 1.58. The van der Waals surface area contributed by atoms with E-state index in [0.29, 0.717) is 5.41 Å². The van der Waals surface area contributed by atoms with E-state index < -0.39 is 0 Å². The van der Waals surface area contributed by atoms with Gasteiger partial charge in [0.25, 0.3) is 0 Å². The number of nitrogens with zero attached hydrogens (tertiary/aromatic N) is 1. The van der Waals surface area contributed by atoms with E-state index in [9.17, 15) is 0 Å². The second-order valence-electron chi connectivity index (χ2n) is 6.17. The molecule has 2 aliphatic rings. The Morgan fingerprint density at radius 2 is 1.75 bits per heavy atom. The molecule has 0 amide bonds. The number of hydrogen-bond donors (Lipinski definition) is 1. The lowest BCUT2D eigenvalue weighted by Crippen LogP contribution is -2.47. The van der Waals surface area contributed by atoms with Crippen LogP contribution in [0.3, 0.4) is 0 Å². The van der Waals surface area contributed by atoms with Gasteiger partial charge in [-0.25, -0.2) is 0 Å². The maximum Gasteiger partial charge on any atom is 0.00697 e. The molecule has 1 aliphatic carbocycles. The summed E-state index contributed by atoms with van der Waals surface area (Å²) in [5, 5.41) is 0. The minimum absolute atomic E-state index is 0.525. The molecule has 94 valence electrons. The van der Waals surface area contributed by atoms with Gasteiger partial charge in [0, 0.05) is 12.1 Å². The first-order chi connectivity index (χ1) is 7.67. The topological polar surface area (TPSA) is 29.3 Å². The van der Waals surface area contributed by atoms with Crippen LogP contribution < -0.4 is 5.73 Å². The molecule has 2 fully saturated rings. The van der Waals surface area contributed by atoms with Gasteiger partial charge in [-0.3, -0.25) is 4.90 Å². The van der Waals surface area contributed by atoms with Crippen molar-refractivity contribution in [2.75, 3.05) is 13.1 Å². The summed E-state index contributed by atoms with van der Waals surface area (Å²) in [4.78, 5) is 2.72. The van der Waals surface area contributed by atoms with Crippen LogP contribution in [-0.4, -0.2) is 30.1 Å². The molecule has 1 saturated heterocycles. The Hall–Kier alpha value is -0.0800. The van der Waals surface area contributed by atoms with Crippen LogP contribution in [0.1, 0.15) is 58.8 Å². The molecule has 0 unspecified atom stereocenters. The SMILES string of the molecule is C[C@@H]1CCC[C@H](C)N1CCC1(CN)CCC1. The highest BCUT2D eigenvalue weighted by atomic mass is 15.2. The Morgan fingerprint density at radius 1 is 1.12 bits per heavy atom. The maximum absolute atomic E-state index is 5.94. The van der Waals surface area contributed by atoms with Crippen LogP contribution in [-0.2, 0) is 0 Å². The number of nitrogens with two attached hydrogens (primary N) is 1. The number of piperidine rings is 1. The Morgan fingerprint density at radius 3 is 2.19 bits per heavy atom. The van der Waals surface area contributed by atoms with E-state index >= 15 is 0 Å². The number of rotatable bonds is 4. The van der Waals surface area contributed by atoms with Gasteiger partial charge in [0.15, 0.2) is 0 Å². The van der Waals surface area contributed by atoms with E-state index in [4.69, 9.17) is 5.73 Å². The minimum Gasteiger partial charge on any atom is -0.330 e. The third-order valence-corrected chi connectivity index (χ3v) is 5.12. The molecule has 2 N–H and O–H groups in total. The van der Waals surface area contributed by atoms with Crippen molar-refractivity contribution >= 4 is 0 Å². The van der Waals surface area contributed by atoms with E-state index in [0.717, 1.165) is 18.6 Å². The number of hydrogen-bond acceptors (Lipinski definition) is 2. The summed E-state index contributed by atoms with van der Waals surface area (Å²) >= 11 is 0. The minimum atomic E-state index is 0.525. The predicted octanol–water partition coefficient (Wildman–Crippen LogP) is 2.77. The van der Waals surface area contributed by atoms with Crippen LogP contribution in [0.15, 0.2) is 0 Å². The van der Waals surface area contributed by atoms with Crippen molar-refractivity contribution in [3.63, 3.8) is 0 Å². The van der Waals surface area contributed by atoms with Crippen molar-refractivity contribution in [3.8, 4) is 0 Å². The van der Waals surface area contributed by atoms with Crippen LogP contribution in [0.2, 0.25) is 0 Å². The Balaban J connectivity index is 1.83. The first kappa shape index (κ1) is 12.4. The Bertz CT molecular complexity index is 207. The molecule has 2 atom stereocenters. The van der Waals surface area contributed by atoms with Gasteiger partial charge in [-0.2, -0.15) is 0 Å². The lowest BCUT2D eigenvalue weighted by molar-refractivity contribution is 0.0557. The molecule has 2 heteroatoms. The predicted molar refractivity (Wildman–Crippen MR) is 69.4 cm³/mol. The van der Waals surface area contributed by atoms with Gasteiger partial charge in [0.2, 0.25) is 0 Å². The van der Waals surface area contributed by atoms with Crippen molar-refractivity contribution < 1.29 is 0 Å². The highest BCUT2D eigenvalue weighted by Crippen LogP contribution is 2.43. The maximum atomic E-state index is 5.94. The van der Waals surface area contributed by atoms with E-state index in [1.165, 1.54) is 51.5 Å². The standard InChI is InChI=1S/C14H28N2/c1-12-5-3-6-13(2)16(12)10-9-14(11-15)7-4-8-14/h12-13H,3-11,15H2,1-2H3/t12-,13+. The van der Waals surface area contributed by atoms with E-state index in [1.54, 1.807) is 0 Å². The molecule has 0 spiro atoms. The van der Waals surface area contributed by atoms with Gasteiger partial charge in [-0.1, -0.05) is 12.8 Å². The lowest BCUT2D eigenvalue weighted by Gasteiger charge is -2.45. The molecule has 0 aromatic carbocycles. The van der Waals surface area contributed by atoms with Gasteiger partial charge in [-0.15, -0.1) is 0 Å². The molecule has 1 heterocycles. The van der Waals surface area contributed by atoms with Crippen molar-refractivity contribution in [3.05, 3.63) is 0 Å². The molecular weight excluding hydrogens is 196 g/mol. The van der Waals surface area contributed by atoms with Crippen LogP contribution >= 0.6 is 0 Å². The van der Waals surface area contributed by atoms with Crippen LogP contribution in [0, 0.1) is 5.41 Å². The third kappa shape index (κ3) is 2.43. The van der Waals surface area contributed by atoms with Gasteiger partial charge in [-0.05, 0) is 64.5 Å². The molecule has 0 radical (unpaired) electrons. The zero-order chi connectivity index (χ0) is 11.6. The second-order valence-corrected chi connectivity index (χ2v) is 6.17. The zero-order valence-electron chi connectivity index (χ0n) is 11.0. The fourth-order valence-corrected chi connectivity index (χ4v) is 3.51. The average molecular weight is 224 g/mol. The highest BCUT2D eigenvalue weighted by molar-refractivity contribution is 4.90. The molecule has 2 rings (SSSR count). The molecule has 0 bridgehead atoms. The molecule has 16 heavy (non-hydrogen) atoms. The fraction of sp³-hybridized carbons (Fsp3) is 1.00. The van der Waals surface area contributed by atoms with Crippen LogP contribution in [0.5, 0.6) is 0 Å². The van der Waals surface area contributed by atoms with Crippen molar-refractivity contribution in [2.24, 2.45) is 11.1 Å². The van der Waals surface area contributed by atoms with Crippen LogP contribution in [0.4, 0.5) is 0 Å². The molecular formula is C14H28N2. The van der Waals surface area contributed by atoms with Crippen molar-refractivity contribution in [2.45, 2.75) is 70.9 Å². The third-order valence-electron chi connectivity index (χ3n) is 5.12. The smallest absolute Gasteiger partial charge is 0.00697 e. The van der Waals surface area contributed by atoms with E-state index in [1.807, 2.05) is 0 Å². The normalized spacial score (nSPS) is 34.7. The van der Waals surface area contributed by atoms with Gasteiger partial charge < -0.3 is 5.73 Å².